The molecule has 1 amide bonds. The number of halogens is 1. The van der Waals surface area contributed by atoms with Gasteiger partial charge in [-0.25, -0.2) is 8.42 Å². The van der Waals surface area contributed by atoms with Crippen molar-refractivity contribution >= 4 is 27.3 Å². The molecule has 0 aromatic carbocycles. The number of sulfone groups is 1. The summed E-state index contributed by atoms with van der Waals surface area (Å²) in [5.74, 6) is -0.185. The number of nitrogens with one attached hydrogen (secondary N) is 1. The lowest BCUT2D eigenvalue weighted by atomic mass is 10.1. The molecule has 0 bridgehead atoms. The summed E-state index contributed by atoms with van der Waals surface area (Å²) in [5.41, 5.74) is 0. The topological polar surface area (TPSA) is 63.2 Å². The minimum Gasteiger partial charge on any atom is -0.354 e. The van der Waals surface area contributed by atoms with Gasteiger partial charge in [-0.05, 0) is 12.3 Å². The minimum absolute atomic E-state index is 0.0204. The smallest absolute Gasteiger partial charge is 0.224 e. The number of carbonyl (C=O) groups is 1. The van der Waals surface area contributed by atoms with Crippen LogP contribution in [0.4, 0.5) is 0 Å². The molecule has 1 saturated heterocycles. The Hall–Kier alpha value is -0.290. The Kier molecular flexibility index (Phi) is 4.62. The summed E-state index contributed by atoms with van der Waals surface area (Å²) >= 11 is 5.99. The predicted octanol–water partition coefficient (Wildman–Crippen LogP) is 0.801. The van der Waals surface area contributed by atoms with E-state index < -0.39 is 9.84 Å². The molecule has 2 atom stereocenters. The third-order valence-electron chi connectivity index (χ3n) is 2.80. The maximum absolute atomic E-state index is 11.6. The highest BCUT2D eigenvalue weighted by Crippen LogP contribution is 2.18. The molecule has 1 aliphatic rings. The highest BCUT2D eigenvalue weighted by molar-refractivity contribution is 7.91. The van der Waals surface area contributed by atoms with Gasteiger partial charge in [-0.3, -0.25) is 4.79 Å². The van der Waals surface area contributed by atoms with Crippen LogP contribution in [0.25, 0.3) is 0 Å². The van der Waals surface area contributed by atoms with E-state index in [0.717, 1.165) is 0 Å². The van der Waals surface area contributed by atoms with E-state index in [-0.39, 0.29) is 34.6 Å². The Bertz CT molecular complexity index is 353. The predicted molar refractivity (Wildman–Crippen MR) is 64.2 cm³/mol. The van der Waals surface area contributed by atoms with E-state index in [0.29, 0.717) is 13.0 Å². The van der Waals surface area contributed by atoms with Crippen molar-refractivity contribution in [3.05, 3.63) is 0 Å². The quantitative estimate of drug-likeness (QED) is 0.767. The Balaban J connectivity index is 2.37. The molecule has 6 heteroatoms. The molecule has 0 aromatic rings. The second-order valence-electron chi connectivity index (χ2n) is 4.61. The highest BCUT2D eigenvalue weighted by Gasteiger charge is 2.32. The van der Waals surface area contributed by atoms with Gasteiger partial charge >= 0.3 is 0 Å². The van der Waals surface area contributed by atoms with Gasteiger partial charge in [-0.2, -0.15) is 0 Å². The van der Waals surface area contributed by atoms with E-state index in [1.807, 2.05) is 13.8 Å². The second kappa shape index (κ2) is 5.36. The van der Waals surface area contributed by atoms with Gasteiger partial charge in [0.05, 0.1) is 22.8 Å². The zero-order chi connectivity index (χ0) is 12.3. The molecule has 16 heavy (non-hydrogen) atoms. The van der Waals surface area contributed by atoms with Gasteiger partial charge in [0, 0.05) is 6.54 Å². The first kappa shape index (κ1) is 13.8. The lowest BCUT2D eigenvalue weighted by Gasteiger charge is -2.15. The number of alkyl halides is 1. The number of hydrogen-bond acceptors (Lipinski definition) is 3. The van der Waals surface area contributed by atoms with Crippen LogP contribution in [-0.2, 0) is 14.6 Å². The average molecular weight is 268 g/mol. The van der Waals surface area contributed by atoms with Crippen molar-refractivity contribution in [2.75, 3.05) is 18.1 Å². The van der Waals surface area contributed by atoms with Crippen molar-refractivity contribution in [1.82, 2.24) is 5.32 Å². The third kappa shape index (κ3) is 3.94. The van der Waals surface area contributed by atoms with E-state index in [4.69, 9.17) is 11.6 Å². The van der Waals surface area contributed by atoms with Crippen molar-refractivity contribution < 1.29 is 13.2 Å². The van der Waals surface area contributed by atoms with Gasteiger partial charge in [0.1, 0.15) is 0 Å². The number of hydrogen-bond donors (Lipinski definition) is 1. The van der Waals surface area contributed by atoms with E-state index in [1.54, 1.807) is 0 Å². The first-order valence-corrected chi connectivity index (χ1v) is 7.70. The number of carbonyl (C=O) groups excluding carboxylic acids is 1. The molecule has 1 heterocycles. The summed E-state index contributed by atoms with van der Waals surface area (Å²) < 4.78 is 22.4. The zero-order valence-electron chi connectivity index (χ0n) is 9.57. The van der Waals surface area contributed by atoms with Crippen LogP contribution in [0.15, 0.2) is 0 Å². The summed E-state index contributed by atoms with van der Waals surface area (Å²) in [6.07, 6.45) is 0.433. The van der Waals surface area contributed by atoms with E-state index in [2.05, 4.69) is 5.32 Å². The lowest BCUT2D eigenvalue weighted by molar-refractivity contribution is -0.124. The molecule has 1 N–H and O–H groups in total. The number of amides is 1. The van der Waals surface area contributed by atoms with Crippen LogP contribution in [0.3, 0.4) is 0 Å². The minimum atomic E-state index is -2.99. The fraction of sp³-hybridized carbons (Fsp3) is 0.900. The molecule has 1 rings (SSSR count). The Morgan fingerprint density at radius 1 is 1.50 bits per heavy atom. The molecular weight excluding hydrogens is 250 g/mol. The molecule has 1 fully saturated rings. The summed E-state index contributed by atoms with van der Waals surface area (Å²) in [6, 6.07) is 0. The molecule has 0 spiro atoms. The molecule has 94 valence electrons. The fourth-order valence-corrected chi connectivity index (χ4v) is 3.40. The van der Waals surface area contributed by atoms with Crippen molar-refractivity contribution in [3.63, 3.8) is 0 Å². The Morgan fingerprint density at radius 3 is 2.56 bits per heavy atom. The normalized spacial score (nSPS) is 25.6. The summed E-state index contributed by atoms with van der Waals surface area (Å²) in [6.45, 7) is 4.35. The second-order valence-corrected chi connectivity index (χ2v) is 7.39. The molecule has 0 saturated carbocycles. The summed E-state index contributed by atoms with van der Waals surface area (Å²) in [5, 5.41) is 2.60. The monoisotopic (exact) mass is 267 g/mol. The highest BCUT2D eigenvalue weighted by atomic mass is 35.5. The van der Waals surface area contributed by atoms with Crippen LogP contribution >= 0.6 is 11.6 Å². The molecule has 4 nitrogen and oxygen atoms in total. The molecule has 0 aliphatic carbocycles. The fourth-order valence-electron chi connectivity index (χ4n) is 1.58. The third-order valence-corrected chi connectivity index (χ3v) is 5.22. The van der Waals surface area contributed by atoms with Crippen LogP contribution in [0, 0.1) is 11.8 Å². The van der Waals surface area contributed by atoms with Crippen molar-refractivity contribution in [2.24, 2.45) is 11.8 Å². The van der Waals surface area contributed by atoms with Gasteiger partial charge in [0.25, 0.3) is 0 Å². The summed E-state index contributed by atoms with van der Waals surface area (Å²) in [7, 11) is -2.99. The first-order chi connectivity index (χ1) is 7.32. The molecule has 1 aliphatic heterocycles. The Labute approximate surface area is 102 Å². The van der Waals surface area contributed by atoms with Crippen LogP contribution in [0.5, 0.6) is 0 Å². The maximum Gasteiger partial charge on any atom is 0.224 e. The van der Waals surface area contributed by atoms with Gasteiger partial charge in [0.15, 0.2) is 9.84 Å². The standard InChI is InChI=1S/C10H18ClNO3S/c1-7(2)9(11)5-12-10(13)8-3-4-16(14,15)6-8/h7-9H,3-6H2,1-2H3,(H,12,13). The van der Waals surface area contributed by atoms with Crippen LogP contribution in [-0.4, -0.2) is 37.8 Å². The van der Waals surface area contributed by atoms with Crippen molar-refractivity contribution in [2.45, 2.75) is 25.6 Å². The SMILES string of the molecule is CC(C)C(Cl)CNC(=O)C1CCS(=O)(=O)C1. The van der Waals surface area contributed by atoms with Gasteiger partial charge < -0.3 is 5.32 Å². The zero-order valence-corrected chi connectivity index (χ0v) is 11.1. The van der Waals surface area contributed by atoms with Crippen LogP contribution < -0.4 is 5.32 Å². The van der Waals surface area contributed by atoms with E-state index in [1.165, 1.54) is 0 Å². The van der Waals surface area contributed by atoms with Crippen molar-refractivity contribution in [3.8, 4) is 0 Å². The summed E-state index contributed by atoms with van der Waals surface area (Å²) in [4.78, 5) is 11.6. The van der Waals surface area contributed by atoms with E-state index in [9.17, 15) is 13.2 Å². The molecule has 0 radical (unpaired) electrons. The first-order valence-electron chi connectivity index (χ1n) is 5.44. The maximum atomic E-state index is 11.6. The van der Waals surface area contributed by atoms with Gasteiger partial charge in [-0.1, -0.05) is 13.8 Å². The van der Waals surface area contributed by atoms with Crippen LogP contribution in [0.2, 0.25) is 0 Å². The lowest BCUT2D eigenvalue weighted by Crippen LogP contribution is -2.36. The molecule has 2 unspecified atom stereocenters. The Morgan fingerprint density at radius 2 is 2.12 bits per heavy atom. The molecular formula is C10H18ClNO3S. The average Bonchev–Trinajstić information content (AvgIpc) is 2.54. The van der Waals surface area contributed by atoms with Gasteiger partial charge in [-0.15, -0.1) is 11.6 Å². The largest absolute Gasteiger partial charge is 0.354 e. The van der Waals surface area contributed by atoms with Crippen LogP contribution in [0.1, 0.15) is 20.3 Å². The number of rotatable bonds is 4. The van der Waals surface area contributed by atoms with Gasteiger partial charge in [0.2, 0.25) is 5.91 Å². The van der Waals surface area contributed by atoms with E-state index >= 15 is 0 Å². The van der Waals surface area contributed by atoms with Crippen molar-refractivity contribution in [1.29, 1.82) is 0 Å². The molecule has 0 aromatic heterocycles.